The molecule has 0 atom stereocenters. The van der Waals surface area contributed by atoms with Gasteiger partial charge in [0.2, 0.25) is 11.8 Å². The Balaban J connectivity index is 1.56. The summed E-state index contributed by atoms with van der Waals surface area (Å²) in [6.45, 7) is 4.27. The first-order valence-electron chi connectivity index (χ1n) is 8.14. The van der Waals surface area contributed by atoms with Gasteiger partial charge in [-0.3, -0.25) is 4.79 Å². The standard InChI is InChI=1S/C19H18BrN3O2S/c1-12(2)13-7-9-14(10-8-13)21-17(24)11-26-19-23-22-18(25-19)15-5-3-4-6-16(15)20/h3-10,12H,11H2,1-2H3,(H,21,24). The second-order valence-corrected chi connectivity index (χ2v) is 7.75. The summed E-state index contributed by atoms with van der Waals surface area (Å²) in [4.78, 5) is 12.1. The van der Waals surface area contributed by atoms with E-state index in [1.807, 2.05) is 48.5 Å². The molecule has 2 aromatic carbocycles. The molecule has 0 aliphatic rings. The monoisotopic (exact) mass is 431 g/mol. The molecular formula is C19H18BrN3O2S. The van der Waals surface area contributed by atoms with E-state index in [0.29, 0.717) is 17.0 Å². The number of amides is 1. The molecule has 1 amide bonds. The largest absolute Gasteiger partial charge is 0.411 e. The molecule has 0 spiro atoms. The molecule has 0 radical (unpaired) electrons. The number of halogens is 1. The van der Waals surface area contributed by atoms with E-state index < -0.39 is 0 Å². The highest BCUT2D eigenvalue weighted by Crippen LogP contribution is 2.29. The van der Waals surface area contributed by atoms with Gasteiger partial charge in [0.1, 0.15) is 0 Å². The van der Waals surface area contributed by atoms with Crippen LogP contribution in [0.4, 0.5) is 5.69 Å². The van der Waals surface area contributed by atoms with Crippen LogP contribution in [0.15, 0.2) is 62.6 Å². The van der Waals surface area contributed by atoms with E-state index in [4.69, 9.17) is 4.42 Å². The number of anilines is 1. The molecule has 0 saturated heterocycles. The van der Waals surface area contributed by atoms with Crippen LogP contribution in [-0.2, 0) is 4.79 Å². The lowest BCUT2D eigenvalue weighted by atomic mass is 10.0. The summed E-state index contributed by atoms with van der Waals surface area (Å²) in [5.41, 5.74) is 2.84. The third-order valence-electron chi connectivity index (χ3n) is 3.70. The van der Waals surface area contributed by atoms with Crippen LogP contribution in [0.2, 0.25) is 0 Å². The van der Waals surface area contributed by atoms with Gasteiger partial charge in [-0.15, -0.1) is 10.2 Å². The average Bonchev–Trinajstić information content (AvgIpc) is 3.09. The van der Waals surface area contributed by atoms with Gasteiger partial charge >= 0.3 is 0 Å². The lowest BCUT2D eigenvalue weighted by Gasteiger charge is -2.07. The van der Waals surface area contributed by atoms with Gasteiger partial charge < -0.3 is 9.73 Å². The summed E-state index contributed by atoms with van der Waals surface area (Å²) in [5, 5.41) is 11.3. The maximum absolute atomic E-state index is 12.1. The first kappa shape index (κ1) is 18.7. The number of carbonyl (C=O) groups excluding carboxylic acids is 1. The molecule has 1 heterocycles. The first-order chi connectivity index (χ1) is 12.5. The van der Waals surface area contributed by atoms with Gasteiger partial charge in [0.15, 0.2) is 0 Å². The lowest BCUT2D eigenvalue weighted by Crippen LogP contribution is -2.14. The smallest absolute Gasteiger partial charge is 0.277 e. The van der Waals surface area contributed by atoms with Crippen molar-refractivity contribution >= 4 is 39.3 Å². The van der Waals surface area contributed by atoms with Crippen LogP contribution in [-0.4, -0.2) is 21.9 Å². The number of thioether (sulfide) groups is 1. The molecule has 0 aliphatic carbocycles. The molecule has 5 nitrogen and oxygen atoms in total. The van der Waals surface area contributed by atoms with Crippen LogP contribution in [0, 0.1) is 0 Å². The molecule has 134 valence electrons. The van der Waals surface area contributed by atoms with Gasteiger partial charge in [-0.2, -0.15) is 0 Å². The third-order valence-corrected chi connectivity index (χ3v) is 5.21. The van der Waals surface area contributed by atoms with E-state index in [2.05, 4.69) is 45.3 Å². The molecule has 1 aromatic heterocycles. The number of nitrogens with one attached hydrogen (secondary N) is 1. The van der Waals surface area contributed by atoms with E-state index in [9.17, 15) is 4.79 Å². The van der Waals surface area contributed by atoms with Crippen LogP contribution in [0.3, 0.4) is 0 Å². The molecule has 0 bridgehead atoms. The molecule has 0 saturated carbocycles. The minimum Gasteiger partial charge on any atom is -0.411 e. The molecule has 0 fully saturated rings. The molecular weight excluding hydrogens is 414 g/mol. The fourth-order valence-corrected chi connectivity index (χ4v) is 3.30. The molecule has 0 aliphatic heterocycles. The van der Waals surface area contributed by atoms with Crippen LogP contribution in [0.25, 0.3) is 11.5 Å². The van der Waals surface area contributed by atoms with Crippen LogP contribution >= 0.6 is 27.7 Å². The zero-order chi connectivity index (χ0) is 18.5. The van der Waals surface area contributed by atoms with Gasteiger partial charge in [0.25, 0.3) is 5.22 Å². The molecule has 3 rings (SSSR count). The van der Waals surface area contributed by atoms with Crippen molar-refractivity contribution in [2.24, 2.45) is 0 Å². The first-order valence-corrected chi connectivity index (χ1v) is 9.92. The van der Waals surface area contributed by atoms with E-state index >= 15 is 0 Å². The second-order valence-electron chi connectivity index (χ2n) is 5.97. The zero-order valence-electron chi connectivity index (χ0n) is 14.4. The van der Waals surface area contributed by atoms with Gasteiger partial charge in [0, 0.05) is 10.2 Å². The van der Waals surface area contributed by atoms with E-state index in [1.54, 1.807) is 0 Å². The number of aromatic nitrogens is 2. The van der Waals surface area contributed by atoms with Crippen LogP contribution in [0.1, 0.15) is 25.3 Å². The van der Waals surface area contributed by atoms with Crippen molar-refractivity contribution in [2.45, 2.75) is 25.0 Å². The number of nitrogens with zero attached hydrogens (tertiary/aromatic N) is 2. The number of hydrogen-bond donors (Lipinski definition) is 1. The Bertz CT molecular complexity index is 894. The highest BCUT2D eigenvalue weighted by atomic mass is 79.9. The summed E-state index contributed by atoms with van der Waals surface area (Å²) in [6.07, 6.45) is 0. The highest BCUT2D eigenvalue weighted by Gasteiger charge is 2.13. The summed E-state index contributed by atoms with van der Waals surface area (Å²) in [6, 6.07) is 15.5. The molecule has 26 heavy (non-hydrogen) atoms. The predicted octanol–water partition coefficient (Wildman–Crippen LogP) is 5.35. The lowest BCUT2D eigenvalue weighted by molar-refractivity contribution is -0.113. The van der Waals surface area contributed by atoms with Crippen molar-refractivity contribution in [1.82, 2.24) is 10.2 Å². The van der Waals surface area contributed by atoms with Crippen molar-refractivity contribution in [3.63, 3.8) is 0 Å². The predicted molar refractivity (Wildman–Crippen MR) is 107 cm³/mol. The molecule has 1 N–H and O–H groups in total. The van der Waals surface area contributed by atoms with Crippen molar-refractivity contribution in [3.05, 3.63) is 58.6 Å². The SMILES string of the molecule is CC(C)c1ccc(NC(=O)CSc2nnc(-c3ccccc3Br)o2)cc1. The van der Waals surface area contributed by atoms with Crippen LogP contribution in [0.5, 0.6) is 0 Å². The Morgan fingerprint density at radius 2 is 1.88 bits per heavy atom. The van der Waals surface area contributed by atoms with Gasteiger partial charge in [0.05, 0.1) is 11.3 Å². The Hall–Kier alpha value is -2.12. The van der Waals surface area contributed by atoms with Crippen molar-refractivity contribution in [3.8, 4) is 11.5 Å². The average molecular weight is 432 g/mol. The van der Waals surface area contributed by atoms with Gasteiger partial charge in [-0.1, -0.05) is 49.9 Å². The normalized spacial score (nSPS) is 10.9. The Morgan fingerprint density at radius 3 is 2.58 bits per heavy atom. The zero-order valence-corrected chi connectivity index (χ0v) is 16.8. The number of carbonyl (C=O) groups is 1. The second kappa shape index (κ2) is 8.51. The molecule has 7 heteroatoms. The summed E-state index contributed by atoms with van der Waals surface area (Å²) < 4.78 is 6.50. The van der Waals surface area contributed by atoms with Gasteiger partial charge in [-0.25, -0.2) is 0 Å². The quantitative estimate of drug-likeness (QED) is 0.532. The Morgan fingerprint density at radius 1 is 1.15 bits per heavy atom. The van der Waals surface area contributed by atoms with E-state index in [-0.39, 0.29) is 11.7 Å². The summed E-state index contributed by atoms with van der Waals surface area (Å²) >= 11 is 4.67. The number of rotatable bonds is 6. The highest BCUT2D eigenvalue weighted by molar-refractivity contribution is 9.10. The Kier molecular flexibility index (Phi) is 6.11. The molecule has 0 unspecified atom stereocenters. The minimum absolute atomic E-state index is 0.118. The van der Waals surface area contributed by atoms with Gasteiger partial charge in [-0.05, 0) is 51.7 Å². The van der Waals surface area contributed by atoms with Crippen molar-refractivity contribution in [1.29, 1.82) is 0 Å². The van der Waals surface area contributed by atoms with E-state index in [0.717, 1.165) is 15.7 Å². The topological polar surface area (TPSA) is 68.0 Å². The fourth-order valence-electron chi connectivity index (χ4n) is 2.29. The maximum Gasteiger partial charge on any atom is 0.277 e. The fraction of sp³-hybridized carbons (Fsp3) is 0.211. The van der Waals surface area contributed by atoms with Crippen LogP contribution < -0.4 is 5.32 Å². The van der Waals surface area contributed by atoms with Crippen molar-refractivity contribution < 1.29 is 9.21 Å². The Labute approximate surface area is 164 Å². The van der Waals surface area contributed by atoms with Crippen molar-refractivity contribution in [2.75, 3.05) is 11.1 Å². The summed E-state index contributed by atoms with van der Waals surface area (Å²) in [5.74, 6) is 0.966. The summed E-state index contributed by atoms with van der Waals surface area (Å²) in [7, 11) is 0. The minimum atomic E-state index is -0.118. The number of hydrogen-bond acceptors (Lipinski definition) is 5. The third kappa shape index (κ3) is 4.74. The van der Waals surface area contributed by atoms with E-state index in [1.165, 1.54) is 17.3 Å². The number of benzene rings is 2. The molecule has 3 aromatic rings. The maximum atomic E-state index is 12.1.